The number of hydrogen-bond acceptors (Lipinski definition) is 4. The lowest BCUT2D eigenvalue weighted by Crippen LogP contribution is -2.46. The number of aryl methyl sites for hydroxylation is 2. The molecule has 2 atom stereocenters. The first-order valence-corrected chi connectivity index (χ1v) is 8.37. The van der Waals surface area contributed by atoms with E-state index in [1.54, 1.807) is 32.8 Å². The second-order valence-corrected chi connectivity index (χ2v) is 6.64. The second-order valence-electron chi connectivity index (χ2n) is 6.64. The van der Waals surface area contributed by atoms with Gasteiger partial charge in [0, 0.05) is 20.5 Å². The molecular weight excluding hydrogens is 318 g/mol. The van der Waals surface area contributed by atoms with E-state index in [1.807, 2.05) is 31.2 Å². The Balaban J connectivity index is 1.86. The van der Waals surface area contributed by atoms with Gasteiger partial charge in [-0.05, 0) is 38.0 Å². The Kier molecular flexibility index (Phi) is 4.37. The second kappa shape index (κ2) is 6.35. The molecular formula is C19H23N3O3. The summed E-state index contributed by atoms with van der Waals surface area (Å²) in [6, 6.07) is 7.73. The molecule has 0 aliphatic carbocycles. The fraction of sp³-hybridized carbons (Fsp3) is 0.421. The van der Waals surface area contributed by atoms with Gasteiger partial charge in [0.05, 0.1) is 11.7 Å². The van der Waals surface area contributed by atoms with Gasteiger partial charge in [-0.3, -0.25) is 9.59 Å². The van der Waals surface area contributed by atoms with Crippen LogP contribution in [0.4, 0.5) is 0 Å². The minimum atomic E-state index is -0.372. The van der Waals surface area contributed by atoms with Gasteiger partial charge in [-0.25, -0.2) is 4.68 Å². The first kappa shape index (κ1) is 17.2. The van der Waals surface area contributed by atoms with Crippen LogP contribution in [0.5, 0.6) is 5.75 Å². The number of rotatable bonds is 3. The Morgan fingerprint density at radius 1 is 1.36 bits per heavy atom. The van der Waals surface area contributed by atoms with Gasteiger partial charge >= 0.3 is 0 Å². The summed E-state index contributed by atoms with van der Waals surface area (Å²) in [5, 5.41) is 4.13. The Hall–Kier alpha value is -2.63. The van der Waals surface area contributed by atoms with Crippen LogP contribution in [0.3, 0.4) is 0 Å². The number of carbonyl (C=O) groups excluding carboxylic acids is 1. The van der Waals surface area contributed by atoms with Crippen molar-refractivity contribution in [2.75, 3.05) is 7.05 Å². The van der Waals surface area contributed by atoms with Gasteiger partial charge in [0.15, 0.2) is 0 Å². The van der Waals surface area contributed by atoms with E-state index in [2.05, 4.69) is 5.10 Å². The molecule has 0 fully saturated rings. The molecule has 2 aromatic rings. The Morgan fingerprint density at radius 3 is 2.72 bits per heavy atom. The third kappa shape index (κ3) is 2.92. The van der Waals surface area contributed by atoms with E-state index in [1.165, 1.54) is 4.68 Å². The number of para-hydroxylation sites is 1. The van der Waals surface area contributed by atoms with Crippen LogP contribution in [0.15, 0.2) is 29.1 Å². The fourth-order valence-corrected chi connectivity index (χ4v) is 3.19. The highest BCUT2D eigenvalue weighted by atomic mass is 16.5. The summed E-state index contributed by atoms with van der Waals surface area (Å²) < 4.78 is 7.21. The number of amides is 1. The lowest BCUT2D eigenvalue weighted by atomic mass is 10.0. The smallest absolute Gasteiger partial charge is 0.279 e. The Labute approximate surface area is 147 Å². The van der Waals surface area contributed by atoms with E-state index in [-0.39, 0.29) is 29.2 Å². The molecule has 25 heavy (non-hydrogen) atoms. The number of aromatic nitrogens is 2. The van der Waals surface area contributed by atoms with Crippen LogP contribution in [0.1, 0.15) is 34.1 Å². The van der Waals surface area contributed by atoms with E-state index >= 15 is 0 Å². The molecule has 0 radical (unpaired) electrons. The van der Waals surface area contributed by atoms with Gasteiger partial charge in [0.1, 0.15) is 17.4 Å². The average Bonchev–Trinajstić information content (AvgIpc) is 3.03. The maximum absolute atomic E-state index is 13.0. The van der Waals surface area contributed by atoms with Crippen molar-refractivity contribution in [1.29, 1.82) is 0 Å². The van der Waals surface area contributed by atoms with Crippen LogP contribution >= 0.6 is 0 Å². The van der Waals surface area contributed by atoms with Crippen molar-refractivity contribution in [2.45, 2.75) is 39.3 Å². The van der Waals surface area contributed by atoms with Crippen LogP contribution in [-0.4, -0.2) is 39.8 Å². The van der Waals surface area contributed by atoms with Crippen molar-refractivity contribution in [3.05, 3.63) is 57.0 Å². The number of benzene rings is 1. The molecule has 1 aromatic carbocycles. The summed E-state index contributed by atoms with van der Waals surface area (Å²) in [6.45, 7) is 5.51. The van der Waals surface area contributed by atoms with Crippen molar-refractivity contribution in [3.63, 3.8) is 0 Å². The van der Waals surface area contributed by atoms with Crippen molar-refractivity contribution in [3.8, 4) is 5.75 Å². The van der Waals surface area contributed by atoms with Crippen LogP contribution in [0.25, 0.3) is 0 Å². The lowest BCUT2D eigenvalue weighted by molar-refractivity contribution is 0.0594. The molecule has 1 amide bonds. The summed E-state index contributed by atoms with van der Waals surface area (Å²) in [6.07, 6.45) is 0.625. The fourth-order valence-electron chi connectivity index (χ4n) is 3.19. The van der Waals surface area contributed by atoms with E-state index in [9.17, 15) is 9.59 Å². The quantitative estimate of drug-likeness (QED) is 0.855. The summed E-state index contributed by atoms with van der Waals surface area (Å²) in [4.78, 5) is 27.0. The normalized spacial score (nSPS) is 16.9. The zero-order valence-corrected chi connectivity index (χ0v) is 15.2. The van der Waals surface area contributed by atoms with Gasteiger partial charge in [-0.2, -0.15) is 5.10 Å². The molecule has 1 aliphatic rings. The van der Waals surface area contributed by atoms with E-state index < -0.39 is 0 Å². The minimum absolute atomic E-state index is 0.126. The predicted molar refractivity (Wildman–Crippen MR) is 95.1 cm³/mol. The first-order chi connectivity index (χ1) is 11.8. The van der Waals surface area contributed by atoms with E-state index in [0.717, 1.165) is 17.7 Å². The van der Waals surface area contributed by atoms with Gasteiger partial charge in [0.2, 0.25) is 0 Å². The Morgan fingerprint density at radius 2 is 2.04 bits per heavy atom. The molecule has 0 saturated heterocycles. The van der Waals surface area contributed by atoms with Crippen LogP contribution < -0.4 is 10.3 Å². The summed E-state index contributed by atoms with van der Waals surface area (Å²) >= 11 is 0. The SMILES string of the molecule is Cc1nn(C)c(=O)c(C(=O)N(C)[C@@H](C)[C@H]2Cc3ccccc3O2)c1C. The maximum atomic E-state index is 13.0. The van der Waals surface area contributed by atoms with Gasteiger partial charge in [-0.1, -0.05) is 18.2 Å². The number of carbonyl (C=O) groups is 1. The summed E-state index contributed by atoms with van der Waals surface area (Å²) in [7, 11) is 3.28. The molecule has 1 aromatic heterocycles. The molecule has 1 aliphatic heterocycles. The van der Waals surface area contributed by atoms with E-state index in [0.29, 0.717) is 11.3 Å². The van der Waals surface area contributed by atoms with Crippen molar-refractivity contribution in [1.82, 2.24) is 14.7 Å². The largest absolute Gasteiger partial charge is 0.488 e. The van der Waals surface area contributed by atoms with Gasteiger partial charge in [-0.15, -0.1) is 0 Å². The highest BCUT2D eigenvalue weighted by Crippen LogP contribution is 2.30. The maximum Gasteiger partial charge on any atom is 0.279 e. The summed E-state index contributed by atoms with van der Waals surface area (Å²) in [5.74, 6) is 0.572. The lowest BCUT2D eigenvalue weighted by Gasteiger charge is -2.29. The molecule has 132 valence electrons. The highest BCUT2D eigenvalue weighted by Gasteiger charge is 2.33. The topological polar surface area (TPSA) is 64.4 Å². The number of nitrogens with zero attached hydrogens (tertiary/aromatic N) is 3. The standard InChI is InChI=1S/C19H23N3O3/c1-11-12(2)20-22(5)19(24)17(11)18(23)21(4)13(3)16-10-14-8-6-7-9-15(14)25-16/h6-9,13,16H,10H2,1-5H3/t13-,16+/m0/s1. The zero-order valence-electron chi connectivity index (χ0n) is 15.2. The molecule has 0 N–H and O–H groups in total. The van der Waals surface area contributed by atoms with Crippen LogP contribution in [0.2, 0.25) is 0 Å². The predicted octanol–water partition coefficient (Wildman–Crippen LogP) is 1.86. The van der Waals surface area contributed by atoms with E-state index in [4.69, 9.17) is 4.74 Å². The highest BCUT2D eigenvalue weighted by molar-refractivity contribution is 5.95. The molecule has 3 rings (SSSR count). The zero-order chi connectivity index (χ0) is 18.3. The molecule has 2 heterocycles. The molecule has 0 spiro atoms. The third-order valence-electron chi connectivity index (χ3n) is 5.08. The number of hydrogen-bond donors (Lipinski definition) is 0. The monoisotopic (exact) mass is 341 g/mol. The van der Waals surface area contributed by atoms with Gasteiger partial charge in [0.25, 0.3) is 11.5 Å². The number of ether oxygens (including phenoxy) is 1. The van der Waals surface area contributed by atoms with Crippen LogP contribution in [0, 0.1) is 13.8 Å². The van der Waals surface area contributed by atoms with Crippen LogP contribution in [-0.2, 0) is 13.5 Å². The molecule has 0 unspecified atom stereocenters. The van der Waals surface area contributed by atoms with Gasteiger partial charge < -0.3 is 9.64 Å². The first-order valence-electron chi connectivity index (χ1n) is 8.37. The number of fused-ring (bicyclic) bond motifs is 1. The van der Waals surface area contributed by atoms with Crippen molar-refractivity contribution in [2.24, 2.45) is 7.05 Å². The summed E-state index contributed by atoms with van der Waals surface area (Å²) in [5.41, 5.74) is 2.26. The third-order valence-corrected chi connectivity index (χ3v) is 5.08. The molecule has 0 bridgehead atoms. The minimum Gasteiger partial charge on any atom is -0.488 e. The molecule has 0 saturated carbocycles. The molecule has 6 nitrogen and oxygen atoms in total. The van der Waals surface area contributed by atoms with Crippen molar-refractivity contribution < 1.29 is 9.53 Å². The van der Waals surface area contributed by atoms with Crippen molar-refractivity contribution >= 4 is 5.91 Å². The molecule has 6 heteroatoms. The number of likely N-dealkylation sites (N-methyl/N-ethyl adjacent to an activating group) is 1. The average molecular weight is 341 g/mol. The Bertz CT molecular complexity index is 863.